The average Bonchev–Trinajstić information content (AvgIpc) is 3.11. The van der Waals surface area contributed by atoms with Crippen LogP contribution in [0.15, 0.2) is 35.7 Å². The quantitative estimate of drug-likeness (QED) is 0.795. The van der Waals surface area contributed by atoms with Crippen LogP contribution in [0.2, 0.25) is 0 Å². The monoisotopic (exact) mass is 334 g/mol. The van der Waals surface area contributed by atoms with Gasteiger partial charge in [0.05, 0.1) is 18.6 Å². The van der Waals surface area contributed by atoms with Crippen molar-refractivity contribution in [2.45, 2.75) is 13.5 Å². The highest BCUT2D eigenvalue weighted by Gasteiger charge is 2.12. The van der Waals surface area contributed by atoms with Gasteiger partial charge in [0.1, 0.15) is 5.75 Å². The molecule has 0 aliphatic rings. The third-order valence-corrected chi connectivity index (χ3v) is 3.91. The highest BCUT2D eigenvalue weighted by molar-refractivity contribution is 7.12. The van der Waals surface area contributed by atoms with Crippen molar-refractivity contribution in [1.82, 2.24) is 10.9 Å². The Kier molecular flexibility index (Phi) is 6.13. The summed E-state index contributed by atoms with van der Waals surface area (Å²) in [4.78, 5) is 24.5. The number of nitrogens with one attached hydrogen (secondary N) is 2. The Labute approximate surface area is 138 Å². The fourth-order valence-electron chi connectivity index (χ4n) is 1.90. The molecule has 7 heteroatoms. The molecule has 0 saturated heterocycles. The molecule has 2 aromatic rings. The number of carbonyl (C=O) groups is 2. The normalized spacial score (nSPS) is 10.2. The lowest BCUT2D eigenvalue weighted by atomic mass is 10.1. The van der Waals surface area contributed by atoms with Gasteiger partial charge in [0.15, 0.2) is 0 Å². The number of hydrazine groups is 1. The van der Waals surface area contributed by atoms with Crippen LogP contribution < -0.4 is 15.6 Å². The Morgan fingerprint density at radius 1 is 1.17 bits per heavy atom. The molecule has 2 N–H and O–H groups in total. The SMILES string of the molecule is CCOCc1cc(C(=O)NNC(=O)c2cccs2)ccc1OC. The van der Waals surface area contributed by atoms with Crippen molar-refractivity contribution in [3.63, 3.8) is 0 Å². The van der Waals surface area contributed by atoms with Crippen molar-refractivity contribution in [1.29, 1.82) is 0 Å². The first-order chi connectivity index (χ1) is 11.2. The average molecular weight is 334 g/mol. The second-order valence-corrected chi connectivity index (χ2v) is 5.50. The van der Waals surface area contributed by atoms with E-state index in [4.69, 9.17) is 9.47 Å². The van der Waals surface area contributed by atoms with Crippen LogP contribution in [0, 0.1) is 0 Å². The zero-order chi connectivity index (χ0) is 16.7. The third kappa shape index (κ3) is 4.54. The van der Waals surface area contributed by atoms with Crippen molar-refractivity contribution in [2.75, 3.05) is 13.7 Å². The van der Waals surface area contributed by atoms with Gasteiger partial charge in [0.2, 0.25) is 0 Å². The first kappa shape index (κ1) is 17.0. The molecule has 0 radical (unpaired) electrons. The van der Waals surface area contributed by atoms with Gasteiger partial charge < -0.3 is 9.47 Å². The second kappa shape index (κ2) is 8.30. The summed E-state index contributed by atoms with van der Waals surface area (Å²) in [6.07, 6.45) is 0. The summed E-state index contributed by atoms with van der Waals surface area (Å²) < 4.78 is 10.6. The summed E-state index contributed by atoms with van der Waals surface area (Å²) in [5.41, 5.74) is 5.96. The minimum absolute atomic E-state index is 0.350. The molecule has 0 unspecified atom stereocenters. The fraction of sp³-hybridized carbons (Fsp3) is 0.250. The van der Waals surface area contributed by atoms with E-state index in [1.165, 1.54) is 11.3 Å². The maximum Gasteiger partial charge on any atom is 0.279 e. The number of hydrogen-bond acceptors (Lipinski definition) is 5. The van der Waals surface area contributed by atoms with Gasteiger partial charge in [-0.3, -0.25) is 20.4 Å². The van der Waals surface area contributed by atoms with E-state index in [1.54, 1.807) is 42.8 Å². The maximum absolute atomic E-state index is 12.1. The summed E-state index contributed by atoms with van der Waals surface area (Å²) in [6.45, 7) is 2.81. The predicted molar refractivity (Wildman–Crippen MR) is 87.6 cm³/mol. The maximum atomic E-state index is 12.1. The van der Waals surface area contributed by atoms with Crippen LogP contribution in [0.3, 0.4) is 0 Å². The lowest BCUT2D eigenvalue weighted by Gasteiger charge is -2.11. The van der Waals surface area contributed by atoms with Crippen LogP contribution in [0.5, 0.6) is 5.75 Å². The van der Waals surface area contributed by atoms with Crippen molar-refractivity contribution >= 4 is 23.2 Å². The molecular weight excluding hydrogens is 316 g/mol. The number of carbonyl (C=O) groups excluding carboxylic acids is 2. The summed E-state index contributed by atoms with van der Waals surface area (Å²) in [6, 6.07) is 8.46. The van der Waals surface area contributed by atoms with Gasteiger partial charge in [0.25, 0.3) is 11.8 Å². The zero-order valence-corrected chi connectivity index (χ0v) is 13.7. The Morgan fingerprint density at radius 2 is 1.96 bits per heavy atom. The van der Waals surface area contributed by atoms with Crippen molar-refractivity contribution < 1.29 is 19.1 Å². The van der Waals surface area contributed by atoms with Gasteiger partial charge in [-0.2, -0.15) is 0 Å². The minimum Gasteiger partial charge on any atom is -0.496 e. The molecule has 0 aliphatic carbocycles. The number of amides is 2. The molecule has 0 aliphatic heterocycles. The lowest BCUT2D eigenvalue weighted by molar-refractivity contribution is 0.0848. The molecule has 23 heavy (non-hydrogen) atoms. The molecule has 0 spiro atoms. The van der Waals surface area contributed by atoms with Gasteiger partial charge in [-0.1, -0.05) is 6.07 Å². The Bertz CT molecular complexity index is 671. The molecule has 6 nitrogen and oxygen atoms in total. The van der Waals surface area contributed by atoms with Gasteiger partial charge in [-0.15, -0.1) is 11.3 Å². The first-order valence-corrected chi connectivity index (χ1v) is 7.92. The highest BCUT2D eigenvalue weighted by Crippen LogP contribution is 2.20. The van der Waals surface area contributed by atoms with E-state index in [0.717, 1.165) is 5.56 Å². The number of hydrogen-bond donors (Lipinski definition) is 2. The van der Waals surface area contributed by atoms with Gasteiger partial charge in [0, 0.05) is 17.7 Å². The molecule has 2 rings (SSSR count). The minimum atomic E-state index is -0.407. The van der Waals surface area contributed by atoms with Crippen molar-refractivity contribution in [3.8, 4) is 5.75 Å². The van der Waals surface area contributed by atoms with E-state index >= 15 is 0 Å². The van der Waals surface area contributed by atoms with E-state index in [1.807, 2.05) is 6.92 Å². The molecule has 0 fully saturated rings. The van der Waals surface area contributed by atoms with Gasteiger partial charge >= 0.3 is 0 Å². The van der Waals surface area contributed by atoms with Crippen LogP contribution >= 0.6 is 11.3 Å². The van der Waals surface area contributed by atoms with Crippen LogP contribution in [0.25, 0.3) is 0 Å². The third-order valence-electron chi connectivity index (χ3n) is 3.04. The van der Waals surface area contributed by atoms with Crippen molar-refractivity contribution in [3.05, 3.63) is 51.7 Å². The number of ether oxygens (including phenoxy) is 2. The standard InChI is InChI=1S/C16H18N2O4S/c1-3-22-10-12-9-11(6-7-13(12)21-2)15(19)17-18-16(20)14-5-4-8-23-14/h4-9H,3,10H2,1-2H3,(H,17,19)(H,18,20). The van der Waals surface area contributed by atoms with Crippen LogP contribution in [0.4, 0.5) is 0 Å². The first-order valence-electron chi connectivity index (χ1n) is 7.04. The van der Waals surface area contributed by atoms with E-state index < -0.39 is 5.91 Å². The van der Waals surface area contributed by atoms with Crippen LogP contribution in [0.1, 0.15) is 32.5 Å². The highest BCUT2D eigenvalue weighted by atomic mass is 32.1. The zero-order valence-electron chi connectivity index (χ0n) is 12.9. The van der Waals surface area contributed by atoms with E-state index in [0.29, 0.717) is 29.4 Å². The molecule has 122 valence electrons. The second-order valence-electron chi connectivity index (χ2n) is 4.55. The Morgan fingerprint density at radius 3 is 2.61 bits per heavy atom. The van der Waals surface area contributed by atoms with Crippen LogP contribution in [-0.2, 0) is 11.3 Å². The molecule has 1 aromatic heterocycles. The summed E-state index contributed by atoms with van der Waals surface area (Å²) in [7, 11) is 1.56. The molecule has 2 amide bonds. The van der Waals surface area contributed by atoms with Crippen molar-refractivity contribution in [2.24, 2.45) is 0 Å². The molecule has 1 heterocycles. The Hall–Kier alpha value is -2.38. The van der Waals surface area contributed by atoms with E-state index in [9.17, 15) is 9.59 Å². The van der Waals surface area contributed by atoms with E-state index in [2.05, 4.69) is 10.9 Å². The smallest absolute Gasteiger partial charge is 0.279 e. The summed E-state index contributed by atoms with van der Waals surface area (Å²) >= 11 is 1.30. The van der Waals surface area contributed by atoms with Gasteiger partial charge in [-0.25, -0.2) is 0 Å². The number of thiophene rings is 1. The summed E-state index contributed by atoms with van der Waals surface area (Å²) in [5, 5.41) is 1.79. The van der Waals surface area contributed by atoms with E-state index in [-0.39, 0.29) is 5.91 Å². The Balaban J connectivity index is 2.02. The molecule has 0 atom stereocenters. The summed E-state index contributed by atoms with van der Waals surface area (Å²) in [5.74, 6) is -0.107. The van der Waals surface area contributed by atoms with Crippen LogP contribution in [-0.4, -0.2) is 25.5 Å². The lowest BCUT2D eigenvalue weighted by Crippen LogP contribution is -2.41. The predicted octanol–water partition coefficient (Wildman–Crippen LogP) is 2.37. The topological polar surface area (TPSA) is 76.7 Å². The number of methoxy groups -OCH3 is 1. The number of rotatable bonds is 6. The number of benzene rings is 1. The molecule has 0 saturated carbocycles. The van der Waals surface area contributed by atoms with Gasteiger partial charge in [-0.05, 0) is 36.6 Å². The fourth-order valence-corrected chi connectivity index (χ4v) is 2.52. The molecule has 0 bridgehead atoms. The molecular formula is C16H18N2O4S. The largest absolute Gasteiger partial charge is 0.496 e. The molecule has 1 aromatic carbocycles.